The second-order valence-electron chi connectivity index (χ2n) is 18.6. The van der Waals surface area contributed by atoms with E-state index < -0.39 is 44.1 Å². The van der Waals surface area contributed by atoms with Crippen LogP contribution in [0, 0.1) is 0 Å². The molecule has 0 aliphatic carbocycles. The van der Waals surface area contributed by atoms with Crippen LogP contribution in [0.2, 0.25) is 0 Å². The van der Waals surface area contributed by atoms with Crippen LogP contribution in [-0.4, -0.2) is 63.4 Å². The second-order valence-corrected chi connectivity index (χ2v) is 22.3. The monoisotopic (exact) mass is 1090 g/mol. The number of aryl methyl sites for hydroxylation is 4. The van der Waals surface area contributed by atoms with Crippen LogP contribution >= 0.6 is 0 Å². The maximum Gasteiger partial charge on any atom is 0.573 e. The van der Waals surface area contributed by atoms with Gasteiger partial charge in [-0.25, -0.2) is 26.4 Å². The highest BCUT2D eigenvalue weighted by Crippen LogP contribution is 2.33. The lowest BCUT2D eigenvalue weighted by Crippen LogP contribution is -2.33. The Morgan fingerprint density at radius 1 is 0.519 bits per heavy atom. The number of aromatic nitrogens is 1. The molecule has 1 heterocycles. The van der Waals surface area contributed by atoms with E-state index in [2.05, 4.69) is 23.6 Å². The summed E-state index contributed by atoms with van der Waals surface area (Å²) in [6.45, 7) is 4.86. The van der Waals surface area contributed by atoms with Gasteiger partial charge in [-0.15, -0.1) is 13.2 Å². The van der Waals surface area contributed by atoms with Crippen molar-refractivity contribution in [1.82, 2.24) is 4.98 Å². The molecule has 6 aromatic carbocycles. The lowest BCUT2D eigenvalue weighted by atomic mass is 10.0. The number of hydrogen-bond donors (Lipinski definition) is 2. The predicted molar refractivity (Wildman–Crippen MR) is 296 cm³/mol. The van der Waals surface area contributed by atoms with E-state index in [1.165, 1.54) is 16.4 Å². The number of pyridine rings is 1. The molecule has 7 aromatic rings. The number of para-hydroxylation sites is 3. The van der Waals surface area contributed by atoms with E-state index in [1.54, 1.807) is 59.0 Å². The van der Waals surface area contributed by atoms with Gasteiger partial charge >= 0.3 is 18.3 Å². The van der Waals surface area contributed by atoms with Crippen LogP contribution in [0.1, 0.15) is 121 Å². The molecular weight excluding hydrogens is 1030 g/mol. The zero-order valence-corrected chi connectivity index (χ0v) is 45.0. The number of anilines is 2. The van der Waals surface area contributed by atoms with Gasteiger partial charge in [0.05, 0.1) is 32.9 Å². The summed E-state index contributed by atoms with van der Waals surface area (Å²) in [7, 11) is -7.99. The Morgan fingerprint density at radius 2 is 0.974 bits per heavy atom. The Morgan fingerprint density at radius 3 is 1.44 bits per heavy atom. The number of nitrogens with zero attached hydrogens (tertiary/aromatic N) is 3. The number of alkyl halides is 3. The second kappa shape index (κ2) is 28.2. The Hall–Kier alpha value is -7.24. The summed E-state index contributed by atoms with van der Waals surface area (Å²) in [6.07, 6.45) is 8.70. The van der Waals surface area contributed by atoms with Gasteiger partial charge < -0.3 is 14.9 Å². The number of rotatable bonds is 27. The number of carboxylic acid groups (broad SMARTS) is 2. The predicted octanol–water partition coefficient (Wildman–Crippen LogP) is 14.1. The Kier molecular flexibility index (Phi) is 21.6. The van der Waals surface area contributed by atoms with Crippen molar-refractivity contribution < 1.29 is 54.5 Å². The molecule has 0 aliphatic rings. The molecule has 0 fully saturated rings. The van der Waals surface area contributed by atoms with Gasteiger partial charge in [-0.2, -0.15) is 0 Å². The van der Waals surface area contributed by atoms with E-state index in [-0.39, 0.29) is 27.5 Å². The highest BCUT2D eigenvalue weighted by molar-refractivity contribution is 7.93. The van der Waals surface area contributed by atoms with Crippen molar-refractivity contribution in [1.29, 1.82) is 0 Å². The maximum absolute atomic E-state index is 14.2. The zero-order chi connectivity index (χ0) is 55.4. The standard InChI is InChI=1S/C31H34N2O4S.C29H32F3NO5S/c1-2-3-4-5-8-23-33(38(36,37)29-15-9-12-26-13-10-22-32-30(26)29)28-14-7-6-11-25(28)19-16-24-17-20-27(21-18-24)31(34)35;1-2-3-4-5-8-21-33(39(36,37)26-19-17-25(18-20-26)38-29(30,31)32)27-10-7-6-9-23(27)14-11-22-12-15-24(16-13-22)28(34)35/h6-7,9-15,17-18,20-22H,2-5,8,16,19,23H2,1H3,(H,34,35);6-7,9-10,12-13,15-20H,2-5,8,11,14,21H2,1H3,(H,34,35). The minimum Gasteiger partial charge on any atom is -0.478 e. The molecule has 0 radical (unpaired) electrons. The van der Waals surface area contributed by atoms with Gasteiger partial charge in [0.1, 0.15) is 10.6 Å². The third kappa shape index (κ3) is 16.9. The van der Waals surface area contributed by atoms with Crippen molar-refractivity contribution in [3.8, 4) is 5.75 Å². The summed E-state index contributed by atoms with van der Waals surface area (Å²) in [5, 5.41) is 19.1. The van der Waals surface area contributed by atoms with Gasteiger partial charge in [0.2, 0.25) is 0 Å². The van der Waals surface area contributed by atoms with E-state index in [0.717, 1.165) is 110 Å². The molecule has 17 heteroatoms. The average Bonchev–Trinajstić information content (AvgIpc) is 3.45. The van der Waals surface area contributed by atoms with Crippen molar-refractivity contribution in [2.75, 3.05) is 21.7 Å². The van der Waals surface area contributed by atoms with Crippen LogP contribution in [0.5, 0.6) is 5.75 Å². The Labute approximate surface area is 450 Å². The topological polar surface area (TPSA) is 171 Å². The molecular formula is C60H66F3N3O9S2. The lowest BCUT2D eigenvalue weighted by Gasteiger charge is -2.27. The maximum atomic E-state index is 14.2. The summed E-state index contributed by atoms with van der Waals surface area (Å²) in [6, 6.07) is 41.4. The molecule has 0 spiro atoms. The summed E-state index contributed by atoms with van der Waals surface area (Å²) < 4.78 is 101. The molecule has 7 rings (SSSR count). The number of unbranched alkanes of at least 4 members (excludes halogenated alkanes) is 8. The number of carboxylic acids is 2. The lowest BCUT2D eigenvalue weighted by molar-refractivity contribution is -0.274. The third-order valence-corrected chi connectivity index (χ3v) is 16.7. The summed E-state index contributed by atoms with van der Waals surface area (Å²) in [4.78, 5) is 26.8. The van der Waals surface area contributed by atoms with Crippen LogP contribution in [0.3, 0.4) is 0 Å². The third-order valence-electron chi connectivity index (χ3n) is 13.0. The zero-order valence-electron chi connectivity index (χ0n) is 43.4. The molecule has 12 nitrogen and oxygen atoms in total. The Bertz CT molecular complexity index is 3240. The first-order valence-corrected chi connectivity index (χ1v) is 28.9. The minimum atomic E-state index is -4.88. The molecule has 408 valence electrons. The molecule has 0 atom stereocenters. The van der Waals surface area contributed by atoms with Crippen molar-refractivity contribution in [3.05, 3.63) is 191 Å². The highest BCUT2D eigenvalue weighted by Gasteiger charge is 2.32. The number of benzene rings is 6. The molecule has 0 saturated carbocycles. The number of carbonyl (C=O) groups is 2. The highest BCUT2D eigenvalue weighted by atomic mass is 32.2. The van der Waals surface area contributed by atoms with E-state index >= 15 is 0 Å². The fourth-order valence-corrected chi connectivity index (χ4v) is 12.2. The first-order chi connectivity index (χ1) is 36.9. The van der Waals surface area contributed by atoms with Gasteiger partial charge in [0.15, 0.2) is 0 Å². The molecule has 0 amide bonds. The summed E-state index contributed by atoms with van der Waals surface area (Å²) in [5.41, 5.74) is 5.71. The minimum absolute atomic E-state index is 0.135. The Balaban J connectivity index is 0.000000250. The van der Waals surface area contributed by atoms with Crippen molar-refractivity contribution >= 4 is 54.3 Å². The molecule has 77 heavy (non-hydrogen) atoms. The molecule has 0 unspecified atom stereocenters. The van der Waals surface area contributed by atoms with Crippen molar-refractivity contribution in [3.63, 3.8) is 0 Å². The van der Waals surface area contributed by atoms with E-state index in [4.69, 9.17) is 10.2 Å². The van der Waals surface area contributed by atoms with Crippen molar-refractivity contribution in [2.45, 2.75) is 120 Å². The van der Waals surface area contributed by atoms with Crippen LogP contribution in [-0.2, 0) is 45.7 Å². The first-order valence-electron chi connectivity index (χ1n) is 26.0. The fraction of sp³-hybridized carbons (Fsp3) is 0.317. The quantitative estimate of drug-likeness (QED) is 0.0472. The normalized spacial score (nSPS) is 11.6. The number of halogens is 3. The number of hydrogen-bond acceptors (Lipinski definition) is 8. The van der Waals surface area contributed by atoms with E-state index in [1.807, 2.05) is 66.7 Å². The first kappa shape index (κ1) is 59.0. The molecule has 1 aromatic heterocycles. The van der Waals surface area contributed by atoms with Gasteiger partial charge in [-0.05, 0) is 134 Å². The fourth-order valence-electron chi connectivity index (χ4n) is 8.92. The largest absolute Gasteiger partial charge is 0.573 e. The molecule has 0 aliphatic heterocycles. The van der Waals surface area contributed by atoms with Crippen molar-refractivity contribution in [2.24, 2.45) is 0 Å². The molecule has 0 saturated heterocycles. The smallest absolute Gasteiger partial charge is 0.478 e. The summed E-state index contributed by atoms with van der Waals surface area (Å²) in [5.74, 6) is -2.46. The number of aromatic carboxylic acids is 2. The van der Waals surface area contributed by atoms with Gasteiger partial charge in [0.25, 0.3) is 20.0 Å². The van der Waals surface area contributed by atoms with Gasteiger partial charge in [0, 0.05) is 24.7 Å². The van der Waals surface area contributed by atoms with Crippen LogP contribution in [0.15, 0.2) is 168 Å². The number of ether oxygens (including phenoxy) is 1. The number of fused-ring (bicyclic) bond motifs is 1. The average molecular weight is 1090 g/mol. The van der Waals surface area contributed by atoms with Gasteiger partial charge in [-0.3, -0.25) is 13.6 Å². The van der Waals surface area contributed by atoms with Crippen LogP contribution in [0.4, 0.5) is 24.5 Å². The number of sulfonamides is 2. The van der Waals surface area contributed by atoms with Gasteiger partial charge in [-0.1, -0.05) is 144 Å². The molecule has 2 N–H and O–H groups in total. The SMILES string of the molecule is CCCCCCCN(c1ccccc1CCc1ccc(C(=O)O)cc1)S(=O)(=O)c1ccc(OC(F)(F)F)cc1.CCCCCCCN(c1ccccc1CCc1ccc(C(=O)O)cc1)S(=O)(=O)c1cccc2cccnc12. The van der Waals surface area contributed by atoms with Crippen LogP contribution < -0.4 is 13.3 Å². The van der Waals surface area contributed by atoms with Crippen LogP contribution in [0.25, 0.3) is 10.9 Å². The van der Waals surface area contributed by atoms with E-state index in [9.17, 15) is 39.6 Å². The van der Waals surface area contributed by atoms with E-state index in [0.29, 0.717) is 55.5 Å². The molecule has 0 bridgehead atoms. The summed E-state index contributed by atoms with van der Waals surface area (Å²) >= 11 is 0.